The number of rotatable bonds is 3. The lowest BCUT2D eigenvalue weighted by atomic mass is 10.0. The van der Waals surface area contributed by atoms with Gasteiger partial charge in [-0.15, -0.1) is 0 Å². The van der Waals surface area contributed by atoms with Crippen molar-refractivity contribution in [3.8, 4) is 11.3 Å². The zero-order valence-electron chi connectivity index (χ0n) is 15.6. The molecule has 148 valence electrons. The van der Waals surface area contributed by atoms with Gasteiger partial charge in [0.15, 0.2) is 0 Å². The predicted molar refractivity (Wildman–Crippen MR) is 117 cm³/mol. The minimum absolute atomic E-state index is 0.0699. The molecule has 4 rings (SSSR count). The van der Waals surface area contributed by atoms with Crippen LogP contribution in [-0.4, -0.2) is 22.2 Å². The van der Waals surface area contributed by atoms with Gasteiger partial charge in [0.25, 0.3) is 6.17 Å². The van der Waals surface area contributed by atoms with Crippen LogP contribution < -0.4 is 15.1 Å². The zero-order valence-corrected chi connectivity index (χ0v) is 18.8. The molecule has 2 aromatic carbocycles. The van der Waals surface area contributed by atoms with E-state index in [4.69, 9.17) is 11.6 Å². The van der Waals surface area contributed by atoms with Crippen molar-refractivity contribution in [2.24, 2.45) is 0 Å². The number of thioether (sulfide) groups is 1. The second kappa shape index (κ2) is 7.93. The molecule has 1 aliphatic heterocycles. The summed E-state index contributed by atoms with van der Waals surface area (Å²) >= 11 is 10.9. The molecule has 1 N–H and O–H groups in total. The van der Waals surface area contributed by atoms with Crippen molar-refractivity contribution in [1.29, 1.82) is 0 Å². The molecule has 1 amide bonds. The van der Waals surface area contributed by atoms with Gasteiger partial charge in [-0.3, -0.25) is 14.6 Å². The Hall–Kier alpha value is -2.16. The average Bonchev–Trinajstić information content (AvgIpc) is 2.72. The minimum atomic E-state index is -0.600. The molecule has 0 spiro atoms. The smallest absolute Gasteiger partial charge is 0.291 e. The maximum atomic E-state index is 13.1. The van der Waals surface area contributed by atoms with E-state index in [9.17, 15) is 9.59 Å². The molecule has 6 nitrogen and oxygen atoms in total. The molecule has 0 unspecified atom stereocenters. The maximum Gasteiger partial charge on any atom is 0.325 e. The molecule has 1 atom stereocenters. The molecule has 1 aliphatic rings. The quantitative estimate of drug-likeness (QED) is 0.440. The summed E-state index contributed by atoms with van der Waals surface area (Å²) < 4.78 is 2.45. The molecule has 2 heterocycles. The molecule has 0 saturated carbocycles. The second-order valence-electron chi connectivity index (χ2n) is 6.46. The highest BCUT2D eigenvalue weighted by Gasteiger charge is 2.45. The number of aromatic amines is 1. The molecule has 0 saturated heterocycles. The Morgan fingerprint density at radius 3 is 2.69 bits per heavy atom. The molecule has 1 aromatic heterocycles. The minimum Gasteiger partial charge on any atom is -0.291 e. The first-order valence-corrected chi connectivity index (χ1v) is 11.3. The fourth-order valence-corrected chi connectivity index (χ4v) is 4.31. The number of carbonyl (C=O) groups excluding carboxylic acids is 1. The largest absolute Gasteiger partial charge is 0.325 e. The fourth-order valence-electron chi connectivity index (χ4n) is 3.46. The van der Waals surface area contributed by atoms with E-state index in [1.807, 2.05) is 43.5 Å². The molecular weight excluding hydrogens is 476 g/mol. The first-order valence-electron chi connectivity index (χ1n) is 8.92. The van der Waals surface area contributed by atoms with E-state index >= 15 is 0 Å². The number of H-pyrrole nitrogens is 1. The number of hydrogen-bond acceptors (Lipinski definition) is 4. The number of nitrogens with zero attached hydrogens (tertiary/aromatic N) is 3. The number of aromatic nitrogens is 3. The van der Waals surface area contributed by atoms with Gasteiger partial charge < -0.3 is 0 Å². The molecular formula is C20H17BrClN4O2S+. The van der Waals surface area contributed by atoms with Crippen molar-refractivity contribution in [2.75, 3.05) is 11.2 Å². The van der Waals surface area contributed by atoms with Crippen LogP contribution in [0.1, 0.15) is 25.1 Å². The van der Waals surface area contributed by atoms with Gasteiger partial charge in [0.1, 0.15) is 0 Å². The number of halogens is 2. The van der Waals surface area contributed by atoms with E-state index in [0.717, 1.165) is 10.0 Å². The Morgan fingerprint density at radius 2 is 2.03 bits per heavy atom. The standard InChI is InChI=1S/C20H16BrClN4O2S/c1-3-16(27)25-15-9-6-12(21)10-14(15)17-18(28)23-20(29-2)24-26(17)19(25)11-4-7-13(22)8-5-11/h4-10,19H,3H2,1-2H3/p+1/t19-/m0/s1. The summed E-state index contributed by atoms with van der Waals surface area (Å²) in [6.07, 6.45) is 1.55. The van der Waals surface area contributed by atoms with Gasteiger partial charge in [-0.2, -0.15) is 0 Å². The Kier molecular flexibility index (Phi) is 5.50. The number of anilines is 1. The third-order valence-corrected chi connectivity index (χ3v) is 6.06. The highest BCUT2D eigenvalue weighted by atomic mass is 79.9. The SMILES string of the molecule is CCC(=O)N1c2ccc(Br)cc2-c2c(=O)[nH]c(SC)n[n+]2[C@H]1c1ccc(Cl)cc1. The van der Waals surface area contributed by atoms with Gasteiger partial charge in [-0.05, 0) is 53.4 Å². The lowest BCUT2D eigenvalue weighted by molar-refractivity contribution is -0.763. The Labute approximate surface area is 185 Å². The molecule has 9 heteroatoms. The van der Waals surface area contributed by atoms with E-state index in [1.165, 1.54) is 11.8 Å². The number of benzene rings is 2. The molecule has 29 heavy (non-hydrogen) atoms. The summed E-state index contributed by atoms with van der Waals surface area (Å²) in [7, 11) is 0. The molecule has 0 aliphatic carbocycles. The van der Waals surface area contributed by atoms with Crippen molar-refractivity contribution < 1.29 is 9.48 Å². The highest BCUT2D eigenvalue weighted by molar-refractivity contribution is 9.10. The summed E-state index contributed by atoms with van der Waals surface area (Å²) in [6, 6.07) is 12.8. The van der Waals surface area contributed by atoms with Crippen molar-refractivity contribution in [3.05, 3.63) is 67.9 Å². The summed E-state index contributed by atoms with van der Waals surface area (Å²) in [4.78, 5) is 30.6. The number of nitrogens with one attached hydrogen (secondary N) is 1. The molecule has 0 fully saturated rings. The highest BCUT2D eigenvalue weighted by Crippen LogP contribution is 2.39. The van der Waals surface area contributed by atoms with E-state index in [0.29, 0.717) is 33.5 Å². The van der Waals surface area contributed by atoms with Crippen LogP contribution in [0.3, 0.4) is 0 Å². The molecule has 3 aromatic rings. The lowest BCUT2D eigenvalue weighted by Crippen LogP contribution is -2.60. The van der Waals surface area contributed by atoms with Gasteiger partial charge in [0, 0.05) is 26.6 Å². The van der Waals surface area contributed by atoms with Gasteiger partial charge in [-0.25, -0.2) is 4.90 Å². The van der Waals surface area contributed by atoms with Crippen LogP contribution in [0.2, 0.25) is 5.02 Å². The van der Waals surface area contributed by atoms with Crippen LogP contribution in [0.5, 0.6) is 0 Å². The van der Waals surface area contributed by atoms with E-state index in [2.05, 4.69) is 26.0 Å². The van der Waals surface area contributed by atoms with Crippen LogP contribution in [0, 0.1) is 0 Å². The second-order valence-corrected chi connectivity index (χ2v) is 8.61. The summed E-state index contributed by atoms with van der Waals surface area (Å²) in [5.74, 6) is -0.0699. The predicted octanol–water partition coefficient (Wildman–Crippen LogP) is 4.17. The van der Waals surface area contributed by atoms with Crippen molar-refractivity contribution in [1.82, 2.24) is 10.1 Å². The van der Waals surface area contributed by atoms with Crippen LogP contribution in [0.4, 0.5) is 5.69 Å². The van der Waals surface area contributed by atoms with Crippen molar-refractivity contribution >= 4 is 50.9 Å². The number of amides is 1. The average molecular weight is 493 g/mol. The number of fused-ring (bicyclic) bond motifs is 3. The van der Waals surface area contributed by atoms with Crippen LogP contribution in [0.15, 0.2) is 56.9 Å². The normalized spacial score (nSPS) is 15.0. The van der Waals surface area contributed by atoms with Gasteiger partial charge in [-0.1, -0.05) is 46.2 Å². The number of hydrogen-bond donors (Lipinski definition) is 1. The van der Waals surface area contributed by atoms with E-state index < -0.39 is 6.17 Å². The van der Waals surface area contributed by atoms with E-state index in [1.54, 1.807) is 21.7 Å². The third kappa shape index (κ3) is 3.49. The summed E-state index contributed by atoms with van der Waals surface area (Å²) in [5, 5.41) is 5.72. The van der Waals surface area contributed by atoms with Crippen molar-refractivity contribution in [2.45, 2.75) is 24.7 Å². The summed E-state index contributed by atoms with van der Waals surface area (Å²) in [5.41, 5.74) is 2.27. The third-order valence-electron chi connectivity index (χ3n) is 4.75. The first-order chi connectivity index (χ1) is 13.9. The first kappa shape index (κ1) is 20.1. The van der Waals surface area contributed by atoms with Crippen LogP contribution >= 0.6 is 39.3 Å². The van der Waals surface area contributed by atoms with Crippen LogP contribution in [-0.2, 0) is 4.79 Å². The van der Waals surface area contributed by atoms with Crippen molar-refractivity contribution in [3.63, 3.8) is 0 Å². The monoisotopic (exact) mass is 491 g/mol. The molecule has 0 radical (unpaired) electrons. The Morgan fingerprint density at radius 1 is 1.31 bits per heavy atom. The molecule has 0 bridgehead atoms. The Bertz CT molecular complexity index is 1170. The van der Waals surface area contributed by atoms with Gasteiger partial charge in [0.05, 0.1) is 11.3 Å². The van der Waals surface area contributed by atoms with Crippen LogP contribution in [0.25, 0.3) is 11.3 Å². The lowest BCUT2D eigenvalue weighted by Gasteiger charge is -2.32. The summed E-state index contributed by atoms with van der Waals surface area (Å²) in [6.45, 7) is 1.82. The number of carbonyl (C=O) groups is 1. The maximum absolute atomic E-state index is 13.1. The topological polar surface area (TPSA) is 69.9 Å². The Balaban J connectivity index is 2.09. The zero-order chi connectivity index (χ0) is 20.7. The van der Waals surface area contributed by atoms with Gasteiger partial charge in [0.2, 0.25) is 11.1 Å². The van der Waals surface area contributed by atoms with E-state index in [-0.39, 0.29) is 11.5 Å². The van der Waals surface area contributed by atoms with Gasteiger partial charge >= 0.3 is 11.3 Å². The fraction of sp³-hybridized carbons (Fsp3) is 0.200.